The largest absolute Gasteiger partial charge is 0.385 e. The Morgan fingerprint density at radius 3 is 1.87 bits per heavy atom. The Bertz CT molecular complexity index is 687. The highest BCUT2D eigenvalue weighted by molar-refractivity contribution is 5.65. The quantitative estimate of drug-likeness (QED) is 0.545. The Balaban J connectivity index is 1.42. The summed E-state index contributed by atoms with van der Waals surface area (Å²) in [4.78, 5) is 0. The molecule has 0 atom stereocenters. The number of hydrogen-bond acceptors (Lipinski definition) is 1. The van der Waals surface area contributed by atoms with Crippen LogP contribution in [0, 0.1) is 0 Å². The summed E-state index contributed by atoms with van der Waals surface area (Å²) in [5.74, 6) is 0. The molecule has 1 heteroatoms. The molecule has 0 unspecified atom stereocenters. The van der Waals surface area contributed by atoms with Gasteiger partial charge in [-0.1, -0.05) is 72.8 Å². The molecule has 0 radical (unpaired) electrons. The zero-order chi connectivity index (χ0) is 15.7. The van der Waals surface area contributed by atoms with Crippen LogP contribution >= 0.6 is 0 Å². The second-order valence-electron chi connectivity index (χ2n) is 5.81. The first-order valence-corrected chi connectivity index (χ1v) is 8.35. The molecular formula is C22H23N. The maximum absolute atomic E-state index is 3.51. The lowest BCUT2D eigenvalue weighted by atomic mass is 10.1. The van der Waals surface area contributed by atoms with E-state index in [0.29, 0.717) is 0 Å². The summed E-state index contributed by atoms with van der Waals surface area (Å²) in [6.45, 7) is 1.03. The minimum atomic E-state index is 1.03. The van der Waals surface area contributed by atoms with Gasteiger partial charge in [-0.2, -0.15) is 0 Å². The predicted molar refractivity (Wildman–Crippen MR) is 99.7 cm³/mol. The van der Waals surface area contributed by atoms with E-state index in [1.54, 1.807) is 0 Å². The van der Waals surface area contributed by atoms with Crippen molar-refractivity contribution in [1.82, 2.24) is 0 Å². The highest BCUT2D eigenvalue weighted by Gasteiger charge is 1.97. The highest BCUT2D eigenvalue weighted by atomic mass is 14.9. The molecule has 0 saturated carbocycles. The molecule has 116 valence electrons. The van der Waals surface area contributed by atoms with E-state index in [2.05, 4.69) is 90.2 Å². The molecule has 23 heavy (non-hydrogen) atoms. The Kier molecular flexibility index (Phi) is 5.47. The standard InChI is InChI=1S/C22H23N/c1-3-9-19(10-4-1)11-7-8-18-23-22-16-14-21(15-17-22)20-12-5-2-6-13-20/h1-6,9-10,12-17,23H,7-8,11,18H2. The summed E-state index contributed by atoms with van der Waals surface area (Å²) in [6, 6.07) is 29.9. The van der Waals surface area contributed by atoms with Gasteiger partial charge in [0.15, 0.2) is 0 Å². The Morgan fingerprint density at radius 1 is 0.565 bits per heavy atom. The fourth-order valence-electron chi connectivity index (χ4n) is 2.74. The molecule has 0 aliphatic carbocycles. The van der Waals surface area contributed by atoms with Gasteiger partial charge in [0.25, 0.3) is 0 Å². The highest BCUT2D eigenvalue weighted by Crippen LogP contribution is 2.21. The number of nitrogens with one attached hydrogen (secondary N) is 1. The summed E-state index contributed by atoms with van der Waals surface area (Å²) in [5.41, 5.74) is 5.16. The van der Waals surface area contributed by atoms with Gasteiger partial charge in [0.2, 0.25) is 0 Å². The average molecular weight is 301 g/mol. The summed E-state index contributed by atoms with van der Waals surface area (Å²) in [6.07, 6.45) is 3.57. The van der Waals surface area contributed by atoms with Crippen molar-refractivity contribution in [3.8, 4) is 11.1 Å². The van der Waals surface area contributed by atoms with Crippen LogP contribution in [0.1, 0.15) is 18.4 Å². The maximum atomic E-state index is 3.51. The van der Waals surface area contributed by atoms with Crippen LogP contribution in [0.4, 0.5) is 5.69 Å². The zero-order valence-corrected chi connectivity index (χ0v) is 13.4. The van der Waals surface area contributed by atoms with E-state index in [0.717, 1.165) is 13.0 Å². The molecule has 0 fully saturated rings. The van der Waals surface area contributed by atoms with E-state index in [1.807, 2.05) is 0 Å². The van der Waals surface area contributed by atoms with Crippen molar-refractivity contribution in [2.75, 3.05) is 11.9 Å². The second kappa shape index (κ2) is 8.19. The third kappa shape index (κ3) is 4.72. The van der Waals surface area contributed by atoms with Crippen LogP contribution in [-0.2, 0) is 6.42 Å². The number of anilines is 1. The molecule has 0 amide bonds. The lowest BCUT2D eigenvalue weighted by Crippen LogP contribution is -2.01. The molecular weight excluding hydrogens is 278 g/mol. The van der Waals surface area contributed by atoms with Gasteiger partial charge in [-0.25, -0.2) is 0 Å². The van der Waals surface area contributed by atoms with Crippen LogP contribution in [-0.4, -0.2) is 6.54 Å². The van der Waals surface area contributed by atoms with Gasteiger partial charge in [-0.15, -0.1) is 0 Å². The van der Waals surface area contributed by atoms with Gasteiger partial charge in [-0.05, 0) is 48.1 Å². The molecule has 0 aliphatic rings. The normalized spacial score (nSPS) is 10.4. The molecule has 0 saturated heterocycles. The Labute approximate surface area is 139 Å². The smallest absolute Gasteiger partial charge is 0.0340 e. The number of unbranched alkanes of at least 4 members (excludes halogenated alkanes) is 1. The molecule has 0 spiro atoms. The first kappa shape index (κ1) is 15.4. The van der Waals surface area contributed by atoms with Crippen molar-refractivity contribution in [2.45, 2.75) is 19.3 Å². The van der Waals surface area contributed by atoms with E-state index < -0.39 is 0 Å². The Hall–Kier alpha value is -2.54. The van der Waals surface area contributed by atoms with Gasteiger partial charge in [-0.3, -0.25) is 0 Å². The number of benzene rings is 3. The second-order valence-corrected chi connectivity index (χ2v) is 5.81. The van der Waals surface area contributed by atoms with Crippen molar-refractivity contribution in [2.24, 2.45) is 0 Å². The summed E-state index contributed by atoms with van der Waals surface area (Å²) in [5, 5.41) is 3.51. The maximum Gasteiger partial charge on any atom is 0.0340 e. The predicted octanol–water partition coefficient (Wildman–Crippen LogP) is 5.79. The van der Waals surface area contributed by atoms with E-state index in [9.17, 15) is 0 Å². The lowest BCUT2D eigenvalue weighted by molar-refractivity contribution is 0.763. The van der Waals surface area contributed by atoms with Crippen molar-refractivity contribution in [3.05, 3.63) is 90.5 Å². The van der Waals surface area contributed by atoms with Gasteiger partial charge in [0, 0.05) is 12.2 Å². The lowest BCUT2D eigenvalue weighted by Gasteiger charge is -2.08. The summed E-state index contributed by atoms with van der Waals surface area (Å²) in [7, 11) is 0. The van der Waals surface area contributed by atoms with E-state index in [-0.39, 0.29) is 0 Å². The minimum Gasteiger partial charge on any atom is -0.385 e. The first-order valence-electron chi connectivity index (χ1n) is 8.35. The molecule has 0 aliphatic heterocycles. The zero-order valence-electron chi connectivity index (χ0n) is 13.4. The molecule has 0 bridgehead atoms. The van der Waals surface area contributed by atoms with Crippen molar-refractivity contribution in [3.63, 3.8) is 0 Å². The van der Waals surface area contributed by atoms with Crippen LogP contribution in [0.15, 0.2) is 84.9 Å². The van der Waals surface area contributed by atoms with Crippen LogP contribution in [0.5, 0.6) is 0 Å². The van der Waals surface area contributed by atoms with Gasteiger partial charge in [0.05, 0.1) is 0 Å². The summed E-state index contributed by atoms with van der Waals surface area (Å²) >= 11 is 0. The average Bonchev–Trinajstić information content (AvgIpc) is 2.64. The number of aryl methyl sites for hydroxylation is 1. The molecule has 3 aromatic rings. The molecule has 0 heterocycles. The van der Waals surface area contributed by atoms with Crippen LogP contribution < -0.4 is 5.32 Å². The third-order valence-electron chi connectivity index (χ3n) is 4.06. The van der Waals surface area contributed by atoms with Gasteiger partial charge in [0.1, 0.15) is 0 Å². The van der Waals surface area contributed by atoms with Crippen LogP contribution in [0.2, 0.25) is 0 Å². The van der Waals surface area contributed by atoms with Crippen LogP contribution in [0.25, 0.3) is 11.1 Å². The van der Waals surface area contributed by atoms with Crippen molar-refractivity contribution >= 4 is 5.69 Å². The number of hydrogen-bond donors (Lipinski definition) is 1. The molecule has 3 rings (SSSR count). The number of rotatable bonds is 7. The van der Waals surface area contributed by atoms with Gasteiger partial charge < -0.3 is 5.32 Å². The van der Waals surface area contributed by atoms with Crippen molar-refractivity contribution in [1.29, 1.82) is 0 Å². The van der Waals surface area contributed by atoms with Crippen LogP contribution in [0.3, 0.4) is 0 Å². The van der Waals surface area contributed by atoms with E-state index in [1.165, 1.54) is 35.2 Å². The van der Waals surface area contributed by atoms with E-state index in [4.69, 9.17) is 0 Å². The minimum absolute atomic E-state index is 1.03. The molecule has 3 aromatic carbocycles. The monoisotopic (exact) mass is 301 g/mol. The topological polar surface area (TPSA) is 12.0 Å². The fraction of sp³-hybridized carbons (Fsp3) is 0.182. The fourth-order valence-corrected chi connectivity index (χ4v) is 2.74. The van der Waals surface area contributed by atoms with E-state index >= 15 is 0 Å². The van der Waals surface area contributed by atoms with Gasteiger partial charge >= 0.3 is 0 Å². The molecule has 1 N–H and O–H groups in total. The third-order valence-corrected chi connectivity index (χ3v) is 4.06. The molecule has 1 nitrogen and oxygen atoms in total. The SMILES string of the molecule is c1ccc(CCCCNc2ccc(-c3ccccc3)cc2)cc1. The Morgan fingerprint density at radius 2 is 1.17 bits per heavy atom. The molecule has 0 aromatic heterocycles. The van der Waals surface area contributed by atoms with Crippen molar-refractivity contribution < 1.29 is 0 Å². The summed E-state index contributed by atoms with van der Waals surface area (Å²) < 4.78 is 0. The first-order chi connectivity index (χ1) is 11.4.